The van der Waals surface area contributed by atoms with Gasteiger partial charge in [-0.15, -0.1) is 11.3 Å². The van der Waals surface area contributed by atoms with Crippen molar-refractivity contribution in [3.8, 4) is 35.3 Å². The van der Waals surface area contributed by atoms with Gasteiger partial charge < -0.3 is 25.8 Å². The number of nitrogen functional groups attached to an aromatic ring is 2. The van der Waals surface area contributed by atoms with E-state index < -0.39 is 17.5 Å². The van der Waals surface area contributed by atoms with E-state index in [4.69, 9.17) is 30.9 Å². The van der Waals surface area contributed by atoms with Gasteiger partial charge in [-0.1, -0.05) is 12.1 Å². The van der Waals surface area contributed by atoms with E-state index in [0.29, 0.717) is 58.1 Å². The molecular formula is C36H32F2N10O2S. The number of ether oxygens (including phenoxy) is 2. The lowest BCUT2D eigenvalue weighted by atomic mass is 9.95. The topological polar surface area (TPSA) is 176 Å². The molecule has 7 heterocycles. The van der Waals surface area contributed by atoms with Crippen molar-refractivity contribution in [2.75, 3.05) is 42.7 Å². The fourth-order valence-electron chi connectivity index (χ4n) is 8.30. The van der Waals surface area contributed by atoms with Crippen LogP contribution in [0, 0.1) is 34.4 Å². The lowest BCUT2D eigenvalue weighted by molar-refractivity contribution is 0.107. The number of rotatable bonds is 7. The zero-order valence-corrected chi connectivity index (χ0v) is 28.2. The molecule has 3 aliphatic heterocycles. The summed E-state index contributed by atoms with van der Waals surface area (Å²) in [5.41, 5.74) is 13.1. The van der Waals surface area contributed by atoms with Crippen LogP contribution in [0.3, 0.4) is 0 Å². The highest BCUT2D eigenvalue weighted by Gasteiger charge is 2.50. The Morgan fingerprint density at radius 1 is 1.16 bits per heavy atom. The number of alkyl halides is 1. The number of pyridine rings is 2. The Hall–Kier alpha value is -5.38. The quantitative estimate of drug-likeness (QED) is 0.228. The van der Waals surface area contributed by atoms with Crippen molar-refractivity contribution < 1.29 is 18.3 Å². The van der Waals surface area contributed by atoms with E-state index in [1.54, 1.807) is 24.4 Å². The second-order valence-electron chi connectivity index (χ2n) is 13.8. The van der Waals surface area contributed by atoms with Crippen LogP contribution in [0.15, 0.2) is 36.5 Å². The van der Waals surface area contributed by atoms with Gasteiger partial charge in [0.05, 0.1) is 29.1 Å². The predicted octanol–water partition coefficient (Wildman–Crippen LogP) is 5.15. The second kappa shape index (κ2) is 11.9. The number of halogens is 2. The molecule has 51 heavy (non-hydrogen) atoms. The van der Waals surface area contributed by atoms with Crippen LogP contribution in [0.5, 0.6) is 11.9 Å². The maximum atomic E-state index is 17.2. The summed E-state index contributed by atoms with van der Waals surface area (Å²) in [6.45, 7) is 1.41. The minimum atomic E-state index is -0.953. The Bertz CT molecular complexity index is 2320. The Morgan fingerprint density at radius 3 is 2.84 bits per heavy atom. The average Bonchev–Trinajstić information content (AvgIpc) is 3.57. The van der Waals surface area contributed by atoms with Crippen LogP contribution in [0.2, 0.25) is 0 Å². The summed E-state index contributed by atoms with van der Waals surface area (Å²) in [7, 11) is 0. The molecule has 3 unspecified atom stereocenters. The first-order valence-corrected chi connectivity index (χ1v) is 17.7. The molecule has 15 heteroatoms. The summed E-state index contributed by atoms with van der Waals surface area (Å²) in [6, 6.07) is 12.8. The molecule has 1 aromatic carbocycles. The van der Waals surface area contributed by atoms with Gasteiger partial charge >= 0.3 is 6.01 Å². The maximum absolute atomic E-state index is 17.2. The normalized spacial score (nSPS) is 25.3. The molecule has 1 saturated carbocycles. The summed E-state index contributed by atoms with van der Waals surface area (Å²) in [4.78, 5) is 22.6. The third-order valence-electron chi connectivity index (χ3n) is 10.7. The van der Waals surface area contributed by atoms with Crippen molar-refractivity contribution in [1.29, 1.82) is 10.5 Å². The first kappa shape index (κ1) is 31.6. The van der Waals surface area contributed by atoms with Gasteiger partial charge in [0.2, 0.25) is 5.88 Å². The molecular weight excluding hydrogens is 675 g/mol. The number of thiophene rings is 1. The van der Waals surface area contributed by atoms with Gasteiger partial charge in [0.1, 0.15) is 58.7 Å². The van der Waals surface area contributed by atoms with Gasteiger partial charge in [-0.2, -0.15) is 20.5 Å². The number of hydrogen-bond acceptors (Lipinski definition) is 13. The molecule has 4 aromatic heterocycles. The van der Waals surface area contributed by atoms with Crippen LogP contribution in [-0.4, -0.2) is 74.9 Å². The Kier molecular flexibility index (Phi) is 7.34. The molecule has 0 amide bonds. The first-order valence-electron chi connectivity index (χ1n) is 16.9. The number of anilines is 3. The first-order chi connectivity index (χ1) is 24.8. The predicted molar refractivity (Wildman–Crippen MR) is 187 cm³/mol. The van der Waals surface area contributed by atoms with Crippen molar-refractivity contribution in [3.63, 3.8) is 0 Å². The zero-order chi connectivity index (χ0) is 35.0. The van der Waals surface area contributed by atoms with Crippen molar-refractivity contribution in [1.82, 2.24) is 24.8 Å². The number of hydrogen-bond donors (Lipinski definition) is 2. The van der Waals surface area contributed by atoms with Crippen LogP contribution in [0.1, 0.15) is 36.8 Å². The third-order valence-corrected chi connectivity index (χ3v) is 11.7. The lowest BCUT2D eigenvalue weighted by Gasteiger charge is -2.32. The van der Waals surface area contributed by atoms with E-state index in [1.165, 1.54) is 11.3 Å². The number of nitrogens with two attached hydrogens (primary N) is 2. The fourth-order valence-corrected chi connectivity index (χ4v) is 9.24. The van der Waals surface area contributed by atoms with Gasteiger partial charge in [-0.3, -0.25) is 4.90 Å². The average molecular weight is 707 g/mol. The maximum Gasteiger partial charge on any atom is 0.319 e. The van der Waals surface area contributed by atoms with Crippen molar-refractivity contribution in [2.45, 2.75) is 55.9 Å². The van der Waals surface area contributed by atoms with Crippen LogP contribution >= 0.6 is 11.3 Å². The van der Waals surface area contributed by atoms with Crippen molar-refractivity contribution >= 4 is 49.0 Å². The van der Waals surface area contributed by atoms with E-state index in [9.17, 15) is 14.9 Å². The molecule has 4 aliphatic rings. The van der Waals surface area contributed by atoms with Crippen LogP contribution in [-0.2, 0) is 6.42 Å². The monoisotopic (exact) mass is 706 g/mol. The van der Waals surface area contributed by atoms with Gasteiger partial charge in [-0.05, 0) is 56.0 Å². The molecule has 5 aromatic rings. The summed E-state index contributed by atoms with van der Waals surface area (Å²) in [5, 5.41) is 21.0. The van der Waals surface area contributed by atoms with Crippen molar-refractivity contribution in [3.05, 3.63) is 53.5 Å². The highest BCUT2D eigenvalue weighted by atomic mass is 32.1. The minimum absolute atomic E-state index is 0.0575. The molecule has 12 nitrogen and oxygen atoms in total. The number of nitriles is 2. The molecule has 1 aliphatic carbocycles. The Morgan fingerprint density at radius 2 is 2.04 bits per heavy atom. The summed E-state index contributed by atoms with van der Waals surface area (Å²) in [6.07, 6.45) is 3.78. The third kappa shape index (κ3) is 5.14. The molecule has 9 rings (SSSR count). The number of fused-ring (bicyclic) bond motifs is 2. The van der Waals surface area contributed by atoms with E-state index >= 15 is 4.39 Å². The fraction of sp³-hybridized carbons (Fsp3) is 0.389. The molecule has 0 spiro atoms. The number of benzene rings is 1. The Labute approximate surface area is 295 Å². The van der Waals surface area contributed by atoms with Gasteiger partial charge in [-0.25, -0.2) is 18.7 Å². The number of nitrogens with zero attached hydrogens (tertiary/aromatic N) is 8. The minimum Gasteiger partial charge on any atom is -0.475 e. The van der Waals surface area contributed by atoms with E-state index in [2.05, 4.69) is 27.0 Å². The highest BCUT2D eigenvalue weighted by Crippen LogP contribution is 2.48. The van der Waals surface area contributed by atoms with Crippen LogP contribution in [0.4, 0.5) is 25.4 Å². The number of aromatic nitrogens is 4. The molecule has 2 saturated heterocycles. The van der Waals surface area contributed by atoms with Crippen molar-refractivity contribution in [2.24, 2.45) is 5.92 Å². The summed E-state index contributed by atoms with van der Waals surface area (Å²) >= 11 is 1.24. The highest BCUT2D eigenvalue weighted by molar-refractivity contribution is 7.23. The largest absolute Gasteiger partial charge is 0.475 e. The summed E-state index contributed by atoms with van der Waals surface area (Å²) < 4.78 is 45.4. The lowest BCUT2D eigenvalue weighted by Crippen LogP contribution is -2.44. The molecule has 258 valence electrons. The van der Waals surface area contributed by atoms with Crippen LogP contribution in [0.25, 0.3) is 32.2 Å². The standard InChI is InChI=1S/C36H32F2N10O2S/c37-20-12-36(6-2-8-47(36)15-20)17-50-35-45-31-28-33(46-35)48(24-11-19(24)13-39)21(9-18-5-7-43-26(41)10-18)16-49-34(28)44-30(29(31)38)22-3-1-4-25-27(22)23(14-40)32(42)51-25/h1,3-5,7,10,19-21,24H,2,6,8-9,11-12,15-17,42H2,(H2,41,43)/t19?,20-,21?,24?,36+/m1/s1. The SMILES string of the molecule is N#Cc1c(N)sc2cccc(-c3nc4c5c(nc(OC[C@@]67CCCN6C[C@H](F)C7)nc5c3F)N(C3CC3C#N)C(Cc3ccnc(N)c3)CO4)c12. The molecule has 4 N–H and O–H groups in total. The molecule has 0 bridgehead atoms. The van der Waals surface area contributed by atoms with Gasteiger partial charge in [0.25, 0.3) is 0 Å². The van der Waals surface area contributed by atoms with E-state index in [-0.39, 0.29) is 65.3 Å². The Balaban J connectivity index is 1.23. The molecule has 3 fully saturated rings. The summed E-state index contributed by atoms with van der Waals surface area (Å²) in [5.74, 6) is -0.185. The molecule has 5 atom stereocenters. The molecule has 0 radical (unpaired) electrons. The van der Waals surface area contributed by atoms with Gasteiger partial charge in [0.15, 0.2) is 5.82 Å². The van der Waals surface area contributed by atoms with E-state index in [1.807, 2.05) is 17.0 Å². The van der Waals surface area contributed by atoms with Crippen LogP contribution < -0.4 is 25.8 Å². The second-order valence-corrected chi connectivity index (χ2v) is 14.9. The smallest absolute Gasteiger partial charge is 0.319 e. The van der Waals surface area contributed by atoms with Gasteiger partial charge in [0, 0.05) is 40.9 Å². The zero-order valence-electron chi connectivity index (χ0n) is 27.4. The van der Waals surface area contributed by atoms with E-state index in [0.717, 1.165) is 24.9 Å².